The maximum Gasteiger partial charge on any atom is 0.224 e. The number of carbonyl (C=O) groups is 1. The predicted octanol–water partition coefficient (Wildman–Crippen LogP) is 4.67. The molecule has 6 heteroatoms. The highest BCUT2D eigenvalue weighted by molar-refractivity contribution is 5.79. The molecule has 1 amide bonds. The SMILES string of the molecule is O=C(Cc1ccc(F)cc1)N[C@H](c1ccccn1)[C@H]1CCCN(Cc2ccc(F)cc2)C1. The van der Waals surface area contributed by atoms with Crippen molar-refractivity contribution in [2.24, 2.45) is 5.92 Å². The number of aromatic nitrogens is 1. The van der Waals surface area contributed by atoms with Crippen molar-refractivity contribution in [2.75, 3.05) is 13.1 Å². The molecule has 32 heavy (non-hydrogen) atoms. The number of nitrogens with one attached hydrogen (secondary N) is 1. The van der Waals surface area contributed by atoms with E-state index in [4.69, 9.17) is 0 Å². The van der Waals surface area contributed by atoms with E-state index < -0.39 is 0 Å². The zero-order valence-corrected chi connectivity index (χ0v) is 17.9. The summed E-state index contributed by atoms with van der Waals surface area (Å²) in [5.74, 6) is -0.451. The Hall–Kier alpha value is -3.12. The molecule has 2 atom stereocenters. The van der Waals surface area contributed by atoms with Gasteiger partial charge < -0.3 is 5.32 Å². The van der Waals surface area contributed by atoms with Crippen molar-refractivity contribution in [1.82, 2.24) is 15.2 Å². The first-order valence-electron chi connectivity index (χ1n) is 11.0. The molecule has 0 spiro atoms. The summed E-state index contributed by atoms with van der Waals surface area (Å²) in [4.78, 5) is 19.7. The number of piperidine rings is 1. The highest BCUT2D eigenvalue weighted by Gasteiger charge is 2.30. The summed E-state index contributed by atoms with van der Waals surface area (Å²) >= 11 is 0. The average molecular weight is 436 g/mol. The van der Waals surface area contributed by atoms with E-state index >= 15 is 0 Å². The molecular weight excluding hydrogens is 408 g/mol. The monoisotopic (exact) mass is 435 g/mol. The molecule has 1 saturated heterocycles. The molecule has 4 nitrogen and oxygen atoms in total. The van der Waals surface area contributed by atoms with Gasteiger partial charge in [0.15, 0.2) is 0 Å². The highest BCUT2D eigenvalue weighted by Crippen LogP contribution is 2.30. The van der Waals surface area contributed by atoms with Gasteiger partial charge in [-0.15, -0.1) is 0 Å². The molecule has 3 aromatic rings. The molecule has 0 bridgehead atoms. The van der Waals surface area contributed by atoms with Gasteiger partial charge in [0.25, 0.3) is 0 Å². The first-order valence-corrected chi connectivity index (χ1v) is 11.0. The van der Waals surface area contributed by atoms with Crippen LogP contribution in [-0.2, 0) is 17.8 Å². The quantitative estimate of drug-likeness (QED) is 0.587. The van der Waals surface area contributed by atoms with Crippen LogP contribution < -0.4 is 5.32 Å². The van der Waals surface area contributed by atoms with Gasteiger partial charge in [0.1, 0.15) is 11.6 Å². The summed E-state index contributed by atoms with van der Waals surface area (Å²) in [6, 6.07) is 18.2. The fourth-order valence-electron chi connectivity index (χ4n) is 4.36. The Kier molecular flexibility index (Phi) is 7.22. The lowest BCUT2D eigenvalue weighted by molar-refractivity contribution is -0.121. The van der Waals surface area contributed by atoms with Crippen molar-refractivity contribution in [3.63, 3.8) is 0 Å². The summed E-state index contributed by atoms with van der Waals surface area (Å²) in [6.45, 7) is 2.52. The first-order chi connectivity index (χ1) is 15.6. The van der Waals surface area contributed by atoms with Gasteiger partial charge in [-0.1, -0.05) is 30.3 Å². The van der Waals surface area contributed by atoms with E-state index in [2.05, 4.69) is 15.2 Å². The topological polar surface area (TPSA) is 45.2 Å². The molecule has 1 aliphatic heterocycles. The van der Waals surface area contributed by atoms with Crippen LogP contribution in [0.15, 0.2) is 72.9 Å². The Bertz CT molecular complexity index is 1010. The lowest BCUT2D eigenvalue weighted by Crippen LogP contribution is -2.43. The van der Waals surface area contributed by atoms with Gasteiger partial charge >= 0.3 is 0 Å². The maximum atomic E-state index is 13.2. The number of pyridine rings is 1. The Labute approximate surface area is 187 Å². The smallest absolute Gasteiger partial charge is 0.224 e. The maximum absolute atomic E-state index is 13.2. The number of hydrogen-bond acceptors (Lipinski definition) is 3. The molecule has 1 aliphatic rings. The van der Waals surface area contributed by atoms with E-state index in [0.717, 1.165) is 49.3 Å². The Morgan fingerprint density at radius 1 is 1.00 bits per heavy atom. The fourth-order valence-corrected chi connectivity index (χ4v) is 4.36. The molecule has 0 aliphatic carbocycles. The van der Waals surface area contributed by atoms with Crippen molar-refractivity contribution in [3.05, 3.63) is 101 Å². The normalized spacial score (nSPS) is 17.6. The number of benzene rings is 2. The summed E-state index contributed by atoms with van der Waals surface area (Å²) in [6.07, 6.45) is 3.93. The summed E-state index contributed by atoms with van der Waals surface area (Å²) in [7, 11) is 0. The third kappa shape index (κ3) is 5.98. The van der Waals surface area contributed by atoms with Crippen LogP contribution in [0.3, 0.4) is 0 Å². The molecule has 1 N–H and O–H groups in total. The van der Waals surface area contributed by atoms with Crippen LogP contribution in [0.4, 0.5) is 8.78 Å². The third-order valence-corrected chi connectivity index (χ3v) is 5.93. The van der Waals surface area contributed by atoms with E-state index in [1.54, 1.807) is 18.3 Å². The van der Waals surface area contributed by atoms with Crippen LogP contribution in [0.5, 0.6) is 0 Å². The molecule has 4 rings (SSSR count). The summed E-state index contributed by atoms with van der Waals surface area (Å²) < 4.78 is 26.4. The van der Waals surface area contributed by atoms with Gasteiger partial charge in [0.05, 0.1) is 18.2 Å². The number of rotatable bonds is 7. The van der Waals surface area contributed by atoms with Crippen molar-refractivity contribution in [3.8, 4) is 0 Å². The molecular formula is C26H27F2N3O. The molecule has 1 fully saturated rings. The minimum Gasteiger partial charge on any atom is -0.347 e. The zero-order valence-electron chi connectivity index (χ0n) is 17.9. The van der Waals surface area contributed by atoms with Gasteiger partial charge in [-0.3, -0.25) is 14.7 Å². The lowest BCUT2D eigenvalue weighted by atomic mass is 9.88. The van der Waals surface area contributed by atoms with Crippen LogP contribution >= 0.6 is 0 Å². The van der Waals surface area contributed by atoms with Crippen LogP contribution in [0.25, 0.3) is 0 Å². The minimum atomic E-state index is -0.316. The molecule has 2 aromatic carbocycles. The van der Waals surface area contributed by atoms with Crippen molar-refractivity contribution in [2.45, 2.75) is 31.8 Å². The van der Waals surface area contributed by atoms with Crippen molar-refractivity contribution in [1.29, 1.82) is 0 Å². The molecule has 1 aromatic heterocycles. The molecule has 166 valence electrons. The zero-order chi connectivity index (χ0) is 22.3. The minimum absolute atomic E-state index is 0.108. The van der Waals surface area contributed by atoms with Crippen LogP contribution in [0, 0.1) is 17.6 Å². The number of carbonyl (C=O) groups excluding carboxylic acids is 1. The van der Waals surface area contributed by atoms with E-state index in [0.29, 0.717) is 0 Å². The second-order valence-electron chi connectivity index (χ2n) is 8.37. The van der Waals surface area contributed by atoms with Crippen LogP contribution in [0.2, 0.25) is 0 Å². The fraction of sp³-hybridized carbons (Fsp3) is 0.308. The highest BCUT2D eigenvalue weighted by atomic mass is 19.1. The van der Waals surface area contributed by atoms with Crippen LogP contribution in [0.1, 0.15) is 35.7 Å². The molecule has 0 radical (unpaired) electrons. The number of likely N-dealkylation sites (tertiary alicyclic amines) is 1. The number of nitrogens with zero attached hydrogens (tertiary/aromatic N) is 2. The Morgan fingerprint density at radius 2 is 1.69 bits per heavy atom. The van der Waals surface area contributed by atoms with Gasteiger partial charge in [-0.05, 0) is 72.8 Å². The standard InChI is InChI=1S/C26H27F2N3O/c27-22-10-6-19(7-11-22)16-25(32)30-26(24-5-1-2-14-29-24)21-4-3-15-31(18-21)17-20-8-12-23(28)13-9-20/h1-2,5-14,21,26H,3-4,15-18H2,(H,30,32)/t21-,26-/m0/s1. The molecule has 0 saturated carbocycles. The number of halogens is 2. The second kappa shape index (κ2) is 10.5. The van der Waals surface area contributed by atoms with E-state index in [1.807, 2.05) is 30.3 Å². The Morgan fingerprint density at radius 3 is 2.34 bits per heavy atom. The number of hydrogen-bond donors (Lipinski definition) is 1. The van der Waals surface area contributed by atoms with Gasteiger partial charge in [0, 0.05) is 19.3 Å². The third-order valence-electron chi connectivity index (χ3n) is 5.93. The van der Waals surface area contributed by atoms with Gasteiger partial charge in [-0.25, -0.2) is 8.78 Å². The van der Waals surface area contributed by atoms with Gasteiger partial charge in [0.2, 0.25) is 5.91 Å². The number of amides is 1. The average Bonchev–Trinajstić information content (AvgIpc) is 2.81. The van der Waals surface area contributed by atoms with Crippen molar-refractivity contribution >= 4 is 5.91 Å². The molecule has 2 heterocycles. The second-order valence-corrected chi connectivity index (χ2v) is 8.37. The lowest BCUT2D eigenvalue weighted by Gasteiger charge is -2.37. The Balaban J connectivity index is 1.46. The summed E-state index contributed by atoms with van der Waals surface area (Å²) in [5.41, 5.74) is 2.68. The summed E-state index contributed by atoms with van der Waals surface area (Å²) in [5, 5.41) is 3.19. The largest absolute Gasteiger partial charge is 0.347 e. The van der Waals surface area contributed by atoms with E-state index in [1.165, 1.54) is 24.3 Å². The van der Waals surface area contributed by atoms with E-state index in [-0.39, 0.29) is 35.9 Å². The van der Waals surface area contributed by atoms with Gasteiger partial charge in [-0.2, -0.15) is 0 Å². The molecule has 0 unspecified atom stereocenters. The first kappa shape index (κ1) is 22.1. The van der Waals surface area contributed by atoms with Crippen LogP contribution in [-0.4, -0.2) is 28.9 Å². The van der Waals surface area contributed by atoms with E-state index in [9.17, 15) is 13.6 Å². The van der Waals surface area contributed by atoms with Crippen molar-refractivity contribution < 1.29 is 13.6 Å². The predicted molar refractivity (Wildman–Crippen MR) is 120 cm³/mol.